The third-order valence-electron chi connectivity index (χ3n) is 3.22. The van der Waals surface area contributed by atoms with Crippen LogP contribution in [0.2, 0.25) is 19.6 Å². The summed E-state index contributed by atoms with van der Waals surface area (Å²) < 4.78 is 5.99. The number of nitrogens with zero attached hydrogens (tertiary/aromatic N) is 1. The summed E-state index contributed by atoms with van der Waals surface area (Å²) in [5, 5.41) is 1.05. The Balaban J connectivity index is 2.03. The Bertz CT molecular complexity index is 886. The Hall–Kier alpha value is -2.57. The minimum atomic E-state index is -1.41. The third-order valence-corrected chi connectivity index (χ3v) is 4.09. The molecule has 2 nitrogen and oxygen atoms in total. The second-order valence-corrected chi connectivity index (χ2v) is 11.2. The summed E-state index contributed by atoms with van der Waals surface area (Å²) in [4.78, 5) is 4.70. The SMILES string of the molecule is C[Si-](C)(C)C#Cc1ccc2cccc(Oc3ccccc3)c2n1. The van der Waals surface area contributed by atoms with E-state index in [-0.39, 0.29) is 0 Å². The van der Waals surface area contributed by atoms with Gasteiger partial charge in [-0.25, -0.2) is 4.98 Å². The van der Waals surface area contributed by atoms with Gasteiger partial charge in [0.25, 0.3) is 0 Å². The van der Waals surface area contributed by atoms with Gasteiger partial charge in [-0.05, 0) is 30.3 Å². The van der Waals surface area contributed by atoms with E-state index < -0.39 is 8.07 Å². The Morgan fingerprint density at radius 3 is 2.39 bits per heavy atom. The fourth-order valence-corrected chi connectivity index (χ4v) is 2.64. The second kappa shape index (κ2) is 6.27. The van der Waals surface area contributed by atoms with E-state index >= 15 is 0 Å². The van der Waals surface area contributed by atoms with Gasteiger partial charge >= 0.3 is 0 Å². The Labute approximate surface area is 138 Å². The highest BCUT2D eigenvalue weighted by Gasteiger charge is 2.05. The number of pyridine rings is 1. The first-order valence-corrected chi connectivity index (χ1v) is 11.2. The van der Waals surface area contributed by atoms with Crippen LogP contribution in [0, 0.1) is 11.5 Å². The van der Waals surface area contributed by atoms with Crippen molar-refractivity contribution in [1.82, 2.24) is 4.98 Å². The molecule has 0 aliphatic heterocycles. The van der Waals surface area contributed by atoms with Crippen molar-refractivity contribution in [3.63, 3.8) is 0 Å². The second-order valence-electron chi connectivity index (χ2n) is 6.44. The molecule has 0 atom stereocenters. The van der Waals surface area contributed by atoms with Crippen molar-refractivity contribution < 1.29 is 4.74 Å². The minimum Gasteiger partial charge on any atom is -0.455 e. The highest BCUT2D eigenvalue weighted by molar-refractivity contribution is 6.83. The van der Waals surface area contributed by atoms with Crippen molar-refractivity contribution in [2.24, 2.45) is 0 Å². The lowest BCUT2D eigenvalue weighted by atomic mass is 10.2. The first kappa shape index (κ1) is 15.3. The number of aromatic nitrogens is 1. The average Bonchev–Trinajstić information content (AvgIpc) is 2.53. The largest absolute Gasteiger partial charge is 0.455 e. The van der Waals surface area contributed by atoms with Crippen LogP contribution in [0.1, 0.15) is 5.69 Å². The number of hydrogen-bond acceptors (Lipinski definition) is 2. The zero-order valence-corrected chi connectivity index (χ0v) is 14.6. The molecule has 0 fully saturated rings. The van der Waals surface area contributed by atoms with E-state index in [9.17, 15) is 0 Å². The lowest BCUT2D eigenvalue weighted by Crippen LogP contribution is -2.16. The molecule has 0 spiro atoms. The van der Waals surface area contributed by atoms with Gasteiger partial charge in [0.1, 0.15) is 17.0 Å². The number of hydrogen-bond donors (Lipinski definition) is 0. The highest BCUT2D eigenvalue weighted by Crippen LogP contribution is 2.28. The summed E-state index contributed by atoms with van der Waals surface area (Å²) >= 11 is 0. The number of para-hydroxylation sites is 2. The van der Waals surface area contributed by atoms with Crippen LogP contribution >= 0.6 is 0 Å². The lowest BCUT2D eigenvalue weighted by molar-refractivity contribution is 0.487. The van der Waals surface area contributed by atoms with Crippen LogP contribution in [0.4, 0.5) is 0 Å². The van der Waals surface area contributed by atoms with Crippen molar-refractivity contribution in [3.8, 4) is 23.0 Å². The van der Waals surface area contributed by atoms with Crippen molar-refractivity contribution >= 4 is 19.0 Å². The highest BCUT2D eigenvalue weighted by atomic mass is 28.3. The molecule has 3 aromatic rings. The molecular formula is C20H19NOSi-. The Morgan fingerprint density at radius 2 is 1.65 bits per heavy atom. The standard InChI is InChI=1S/C20H19NOSi/c1-23(2,3)15-14-17-13-12-16-8-7-11-19(20(16)21-17)22-18-9-5-4-6-10-18/h4-13H,1-3H3/q-1. The van der Waals surface area contributed by atoms with E-state index in [4.69, 9.17) is 9.72 Å². The number of benzene rings is 2. The average molecular weight is 317 g/mol. The summed E-state index contributed by atoms with van der Waals surface area (Å²) in [7, 11) is -1.41. The predicted octanol–water partition coefficient (Wildman–Crippen LogP) is 5.26. The van der Waals surface area contributed by atoms with Crippen molar-refractivity contribution in [2.45, 2.75) is 19.6 Å². The van der Waals surface area contributed by atoms with E-state index in [0.717, 1.165) is 28.1 Å². The molecule has 0 saturated heterocycles. The van der Waals surface area contributed by atoms with E-state index in [2.05, 4.69) is 37.2 Å². The molecule has 0 saturated carbocycles. The van der Waals surface area contributed by atoms with Gasteiger partial charge in [-0.3, -0.25) is 5.54 Å². The summed E-state index contributed by atoms with van der Waals surface area (Å²) in [6, 6.07) is 19.7. The quantitative estimate of drug-likeness (QED) is 0.475. The zero-order valence-electron chi connectivity index (χ0n) is 13.6. The van der Waals surface area contributed by atoms with Gasteiger partial charge in [0.15, 0.2) is 5.75 Å². The van der Waals surface area contributed by atoms with E-state index in [0.29, 0.717) is 0 Å². The monoisotopic (exact) mass is 317 g/mol. The molecule has 0 aliphatic carbocycles. The maximum absolute atomic E-state index is 5.99. The van der Waals surface area contributed by atoms with E-state index in [1.54, 1.807) is 0 Å². The number of rotatable bonds is 2. The smallest absolute Gasteiger partial charge is 0.153 e. The lowest BCUT2D eigenvalue weighted by Gasteiger charge is -2.17. The van der Waals surface area contributed by atoms with Crippen LogP contribution in [0.5, 0.6) is 11.5 Å². The zero-order chi connectivity index (χ0) is 16.3. The number of fused-ring (bicyclic) bond motifs is 1. The minimum absolute atomic E-state index is 0.755. The fraction of sp³-hybridized carbons (Fsp3) is 0.150. The van der Waals surface area contributed by atoms with E-state index in [1.807, 2.05) is 54.6 Å². The van der Waals surface area contributed by atoms with Crippen LogP contribution in [0.15, 0.2) is 60.7 Å². The van der Waals surface area contributed by atoms with Crippen molar-refractivity contribution in [2.75, 3.05) is 0 Å². The molecule has 0 N–H and O–H groups in total. The predicted molar refractivity (Wildman–Crippen MR) is 98.5 cm³/mol. The van der Waals surface area contributed by atoms with Crippen LogP contribution < -0.4 is 4.74 Å². The maximum Gasteiger partial charge on any atom is 0.153 e. The molecule has 3 rings (SSSR count). The summed E-state index contributed by atoms with van der Waals surface area (Å²) in [6.45, 7) is 6.68. The molecule has 2 aromatic carbocycles. The first-order chi connectivity index (χ1) is 11.0. The number of ether oxygens (including phenoxy) is 1. The van der Waals surface area contributed by atoms with Gasteiger partial charge in [-0.15, -0.1) is 0 Å². The van der Waals surface area contributed by atoms with Gasteiger partial charge in [0.05, 0.1) is 0 Å². The van der Waals surface area contributed by atoms with Crippen LogP contribution in [-0.2, 0) is 0 Å². The third kappa shape index (κ3) is 4.00. The molecule has 1 aromatic heterocycles. The molecule has 0 unspecified atom stereocenters. The van der Waals surface area contributed by atoms with Crippen molar-refractivity contribution in [3.05, 3.63) is 66.4 Å². The molecule has 0 radical (unpaired) electrons. The Morgan fingerprint density at radius 1 is 0.870 bits per heavy atom. The van der Waals surface area contributed by atoms with E-state index in [1.165, 1.54) is 0 Å². The topological polar surface area (TPSA) is 22.1 Å². The summed E-state index contributed by atoms with van der Waals surface area (Å²) in [6.07, 6.45) is 0. The normalized spacial score (nSPS) is 10.9. The molecule has 23 heavy (non-hydrogen) atoms. The van der Waals surface area contributed by atoms with Crippen LogP contribution in [0.3, 0.4) is 0 Å². The molecule has 0 aliphatic rings. The van der Waals surface area contributed by atoms with Crippen molar-refractivity contribution in [1.29, 1.82) is 0 Å². The summed E-state index contributed by atoms with van der Waals surface area (Å²) in [5.41, 5.74) is 5.00. The molecule has 0 amide bonds. The summed E-state index contributed by atoms with van der Waals surface area (Å²) in [5.74, 6) is 4.77. The van der Waals surface area contributed by atoms with Gasteiger partial charge in [0.2, 0.25) is 0 Å². The Kier molecular flexibility index (Phi) is 4.18. The molecule has 3 heteroatoms. The van der Waals surface area contributed by atoms with Gasteiger partial charge in [0, 0.05) is 5.39 Å². The maximum atomic E-state index is 5.99. The molecular weight excluding hydrogens is 298 g/mol. The molecule has 115 valence electrons. The van der Waals surface area contributed by atoms with Crippen LogP contribution in [0.25, 0.3) is 10.9 Å². The van der Waals surface area contributed by atoms with Crippen LogP contribution in [-0.4, -0.2) is 13.1 Å². The molecule has 1 heterocycles. The van der Waals surface area contributed by atoms with Gasteiger partial charge < -0.3 is 4.74 Å². The molecule has 0 bridgehead atoms. The van der Waals surface area contributed by atoms with Gasteiger partial charge in [-0.2, -0.15) is 19.6 Å². The first-order valence-electron chi connectivity index (χ1n) is 7.67. The van der Waals surface area contributed by atoms with Gasteiger partial charge in [-0.1, -0.05) is 44.3 Å². The fourth-order valence-electron chi connectivity index (χ4n) is 2.14.